The van der Waals surface area contributed by atoms with Crippen LogP contribution in [0.4, 0.5) is 5.69 Å². The summed E-state index contributed by atoms with van der Waals surface area (Å²) >= 11 is 0. The molecule has 0 aliphatic rings. The van der Waals surface area contributed by atoms with Crippen LogP contribution in [0.3, 0.4) is 0 Å². The highest BCUT2D eigenvalue weighted by Crippen LogP contribution is 2.21. The molecule has 1 aromatic carbocycles. The number of ether oxygens (including phenoxy) is 1. The van der Waals surface area contributed by atoms with Gasteiger partial charge in [-0.1, -0.05) is 0 Å². The van der Waals surface area contributed by atoms with Gasteiger partial charge in [-0.2, -0.15) is 0 Å². The number of hydrogen-bond donors (Lipinski definition) is 2. The van der Waals surface area contributed by atoms with E-state index < -0.39 is 27.5 Å². The monoisotopic (exact) mass is 287 g/mol. The Morgan fingerprint density at radius 3 is 2.47 bits per heavy atom. The third-order valence-corrected chi connectivity index (χ3v) is 4.18. The van der Waals surface area contributed by atoms with Crippen molar-refractivity contribution in [2.45, 2.75) is 11.3 Å². The number of esters is 1. The van der Waals surface area contributed by atoms with Gasteiger partial charge in [0.2, 0.25) is 0 Å². The summed E-state index contributed by atoms with van der Waals surface area (Å²) in [5.74, 6) is -2.30. The molecule has 19 heavy (non-hydrogen) atoms. The van der Waals surface area contributed by atoms with E-state index in [1.807, 2.05) is 0 Å². The van der Waals surface area contributed by atoms with Gasteiger partial charge in [-0.25, -0.2) is 13.2 Å². The topological polar surface area (TPSA) is 124 Å². The Kier molecular flexibility index (Phi) is 4.49. The molecule has 0 aliphatic carbocycles. The SMILES string of the molecule is COC(=O)CCS(=O)(=O)c1ccc(C(=O)O)cc1N. The molecule has 0 saturated carbocycles. The molecule has 104 valence electrons. The van der Waals surface area contributed by atoms with Crippen molar-refractivity contribution in [3.8, 4) is 0 Å². The van der Waals surface area contributed by atoms with E-state index in [-0.39, 0.29) is 22.6 Å². The molecule has 0 bridgehead atoms. The summed E-state index contributed by atoms with van der Waals surface area (Å²) in [6, 6.07) is 3.32. The standard InChI is InChI=1S/C11H13NO6S/c1-18-10(13)4-5-19(16,17)9-3-2-7(11(14)15)6-8(9)12/h2-3,6H,4-5,12H2,1H3,(H,14,15). The van der Waals surface area contributed by atoms with E-state index in [0.29, 0.717) is 0 Å². The number of anilines is 1. The van der Waals surface area contributed by atoms with E-state index in [9.17, 15) is 18.0 Å². The molecular formula is C11H13NO6S. The molecule has 0 amide bonds. The Morgan fingerprint density at radius 1 is 1.37 bits per heavy atom. The van der Waals surface area contributed by atoms with Gasteiger partial charge in [-0.05, 0) is 18.2 Å². The first-order valence-electron chi connectivity index (χ1n) is 5.20. The number of nitrogen functional groups attached to an aromatic ring is 1. The summed E-state index contributed by atoms with van der Waals surface area (Å²) in [6.07, 6.45) is -0.293. The van der Waals surface area contributed by atoms with Crippen molar-refractivity contribution in [3.05, 3.63) is 23.8 Å². The Labute approximate surface area is 109 Å². The average Bonchev–Trinajstić information content (AvgIpc) is 2.35. The van der Waals surface area contributed by atoms with E-state index in [4.69, 9.17) is 10.8 Å². The highest BCUT2D eigenvalue weighted by molar-refractivity contribution is 7.91. The average molecular weight is 287 g/mol. The highest BCUT2D eigenvalue weighted by atomic mass is 32.2. The van der Waals surface area contributed by atoms with Crippen molar-refractivity contribution >= 4 is 27.5 Å². The van der Waals surface area contributed by atoms with Crippen molar-refractivity contribution < 1.29 is 27.9 Å². The summed E-state index contributed by atoms with van der Waals surface area (Å²) in [5, 5.41) is 8.74. The molecule has 1 aromatic rings. The zero-order chi connectivity index (χ0) is 14.6. The van der Waals surface area contributed by atoms with Crippen molar-refractivity contribution in [1.29, 1.82) is 0 Å². The van der Waals surface area contributed by atoms with Crippen molar-refractivity contribution in [1.82, 2.24) is 0 Å². The first-order valence-corrected chi connectivity index (χ1v) is 6.85. The maximum absolute atomic E-state index is 11.9. The molecular weight excluding hydrogens is 274 g/mol. The molecule has 0 unspecified atom stereocenters. The lowest BCUT2D eigenvalue weighted by molar-refractivity contribution is -0.140. The van der Waals surface area contributed by atoms with Crippen LogP contribution in [0.25, 0.3) is 0 Å². The highest BCUT2D eigenvalue weighted by Gasteiger charge is 2.20. The molecule has 0 saturated heterocycles. The molecule has 0 atom stereocenters. The Balaban J connectivity index is 3.02. The zero-order valence-electron chi connectivity index (χ0n) is 10.1. The van der Waals surface area contributed by atoms with E-state index in [2.05, 4.69) is 4.74 Å². The Bertz CT molecular complexity index is 608. The van der Waals surface area contributed by atoms with E-state index >= 15 is 0 Å². The van der Waals surface area contributed by atoms with Crippen molar-refractivity contribution in [2.75, 3.05) is 18.6 Å². The summed E-state index contributed by atoms with van der Waals surface area (Å²) in [4.78, 5) is 21.4. The number of carbonyl (C=O) groups excluding carboxylic acids is 1. The quantitative estimate of drug-likeness (QED) is 0.589. The van der Waals surface area contributed by atoms with E-state index in [1.165, 1.54) is 0 Å². The van der Waals surface area contributed by atoms with Gasteiger partial charge in [-0.3, -0.25) is 4.79 Å². The maximum Gasteiger partial charge on any atom is 0.335 e. The smallest absolute Gasteiger partial charge is 0.335 e. The molecule has 0 radical (unpaired) electrons. The zero-order valence-corrected chi connectivity index (χ0v) is 10.9. The Morgan fingerprint density at radius 2 is 2.00 bits per heavy atom. The maximum atomic E-state index is 11.9. The molecule has 0 fully saturated rings. The van der Waals surface area contributed by atoms with Crippen LogP contribution >= 0.6 is 0 Å². The fourth-order valence-corrected chi connectivity index (χ4v) is 2.74. The number of sulfone groups is 1. The second-order valence-electron chi connectivity index (χ2n) is 3.70. The van der Waals surface area contributed by atoms with Crippen molar-refractivity contribution in [3.63, 3.8) is 0 Å². The molecule has 0 heterocycles. The van der Waals surface area contributed by atoms with Crippen LogP contribution in [-0.4, -0.2) is 38.3 Å². The van der Waals surface area contributed by atoms with Crippen LogP contribution in [0.5, 0.6) is 0 Å². The normalized spacial score (nSPS) is 11.0. The third kappa shape index (κ3) is 3.68. The number of rotatable bonds is 5. The van der Waals surface area contributed by atoms with Gasteiger partial charge in [0, 0.05) is 0 Å². The lowest BCUT2D eigenvalue weighted by Crippen LogP contribution is -2.14. The minimum absolute atomic E-state index is 0.107. The third-order valence-electron chi connectivity index (χ3n) is 2.39. The van der Waals surface area contributed by atoms with Gasteiger partial charge in [0.1, 0.15) is 0 Å². The number of carboxylic acids is 1. The largest absolute Gasteiger partial charge is 0.478 e. The minimum atomic E-state index is -3.76. The molecule has 3 N–H and O–H groups in total. The molecule has 0 spiro atoms. The van der Waals surface area contributed by atoms with Crippen LogP contribution < -0.4 is 5.73 Å². The van der Waals surface area contributed by atoms with Gasteiger partial charge >= 0.3 is 11.9 Å². The van der Waals surface area contributed by atoms with Gasteiger partial charge in [0.25, 0.3) is 0 Å². The van der Waals surface area contributed by atoms with Crippen LogP contribution in [0.2, 0.25) is 0 Å². The lowest BCUT2D eigenvalue weighted by Gasteiger charge is -2.07. The summed E-state index contributed by atoms with van der Waals surface area (Å²) in [7, 11) is -2.60. The molecule has 8 heteroatoms. The minimum Gasteiger partial charge on any atom is -0.478 e. The molecule has 1 rings (SSSR count). The van der Waals surface area contributed by atoms with E-state index in [0.717, 1.165) is 25.3 Å². The summed E-state index contributed by atoms with van der Waals surface area (Å²) < 4.78 is 28.2. The van der Waals surface area contributed by atoms with Crippen LogP contribution in [0.15, 0.2) is 23.1 Å². The predicted molar refractivity (Wildman–Crippen MR) is 66.5 cm³/mol. The number of benzene rings is 1. The predicted octanol–water partition coefficient (Wildman–Crippen LogP) is 0.304. The first-order chi connectivity index (χ1) is 8.77. The van der Waals surface area contributed by atoms with Crippen molar-refractivity contribution in [2.24, 2.45) is 0 Å². The number of aromatic carboxylic acids is 1. The second kappa shape index (κ2) is 5.70. The molecule has 7 nitrogen and oxygen atoms in total. The van der Waals surface area contributed by atoms with Crippen LogP contribution in [0.1, 0.15) is 16.8 Å². The Hall–Kier alpha value is -2.09. The summed E-state index contributed by atoms with van der Waals surface area (Å²) in [5.41, 5.74) is 5.26. The first kappa shape index (κ1) is 15.0. The molecule has 0 aromatic heterocycles. The van der Waals surface area contributed by atoms with Gasteiger partial charge in [0.15, 0.2) is 9.84 Å². The number of carbonyl (C=O) groups is 2. The van der Waals surface area contributed by atoms with E-state index in [1.54, 1.807) is 0 Å². The number of carboxylic acid groups (broad SMARTS) is 1. The van der Waals surface area contributed by atoms with Gasteiger partial charge in [0.05, 0.1) is 35.4 Å². The van der Waals surface area contributed by atoms with Gasteiger partial charge < -0.3 is 15.6 Å². The number of hydrogen-bond acceptors (Lipinski definition) is 6. The fraction of sp³-hybridized carbons (Fsp3) is 0.273. The van der Waals surface area contributed by atoms with Crippen LogP contribution in [-0.2, 0) is 19.4 Å². The second-order valence-corrected chi connectivity index (χ2v) is 5.78. The van der Waals surface area contributed by atoms with Gasteiger partial charge in [-0.15, -0.1) is 0 Å². The molecule has 0 aliphatic heterocycles. The van der Waals surface area contributed by atoms with Crippen LogP contribution in [0, 0.1) is 0 Å². The summed E-state index contributed by atoms with van der Waals surface area (Å²) in [6.45, 7) is 0. The number of nitrogens with two attached hydrogens (primary N) is 1. The lowest BCUT2D eigenvalue weighted by atomic mass is 10.2. The fourth-order valence-electron chi connectivity index (χ4n) is 1.39. The number of methoxy groups -OCH3 is 1.